The molecule has 1 heterocycles. The van der Waals surface area contributed by atoms with Gasteiger partial charge in [0.05, 0.1) is 0 Å². The predicted octanol–water partition coefficient (Wildman–Crippen LogP) is 5.62. The molecule has 0 saturated carbocycles. The molecule has 24 heavy (non-hydrogen) atoms. The van der Waals surface area contributed by atoms with Gasteiger partial charge in [-0.3, -0.25) is 4.79 Å². The van der Waals surface area contributed by atoms with E-state index >= 15 is 0 Å². The van der Waals surface area contributed by atoms with Crippen LogP contribution >= 0.6 is 23.2 Å². The van der Waals surface area contributed by atoms with Gasteiger partial charge in [0.1, 0.15) is 5.82 Å². The van der Waals surface area contributed by atoms with E-state index in [1.54, 1.807) is 42.6 Å². The summed E-state index contributed by atoms with van der Waals surface area (Å²) in [5.41, 5.74) is 3.18. The summed E-state index contributed by atoms with van der Waals surface area (Å²) < 4.78 is 0. The third-order valence-corrected chi connectivity index (χ3v) is 4.18. The van der Waals surface area contributed by atoms with Crippen molar-refractivity contribution in [2.45, 2.75) is 6.92 Å². The van der Waals surface area contributed by atoms with Gasteiger partial charge < -0.3 is 5.32 Å². The largest absolute Gasteiger partial charge is 0.307 e. The van der Waals surface area contributed by atoms with E-state index in [4.69, 9.17) is 23.2 Å². The number of aryl methyl sites for hydroxylation is 1. The molecular formula is C19H14Cl2N2O. The molecule has 0 spiro atoms. The van der Waals surface area contributed by atoms with E-state index in [-0.39, 0.29) is 5.91 Å². The van der Waals surface area contributed by atoms with Gasteiger partial charge in [0.2, 0.25) is 0 Å². The van der Waals surface area contributed by atoms with E-state index in [0.717, 1.165) is 16.7 Å². The Labute approximate surface area is 150 Å². The van der Waals surface area contributed by atoms with Gasteiger partial charge in [0.25, 0.3) is 5.91 Å². The zero-order valence-corrected chi connectivity index (χ0v) is 14.4. The minimum Gasteiger partial charge on any atom is -0.307 e. The van der Waals surface area contributed by atoms with Crippen LogP contribution in [0.25, 0.3) is 11.1 Å². The third-order valence-electron chi connectivity index (χ3n) is 3.55. The lowest BCUT2D eigenvalue weighted by Crippen LogP contribution is -2.12. The first kappa shape index (κ1) is 16.5. The average Bonchev–Trinajstić information content (AvgIpc) is 2.57. The summed E-state index contributed by atoms with van der Waals surface area (Å²) in [4.78, 5) is 16.4. The molecule has 0 radical (unpaired) electrons. The van der Waals surface area contributed by atoms with Crippen molar-refractivity contribution in [3.05, 3.63) is 82.0 Å². The van der Waals surface area contributed by atoms with Crippen LogP contribution in [0.3, 0.4) is 0 Å². The molecule has 0 fully saturated rings. The molecule has 2 aromatic carbocycles. The third kappa shape index (κ3) is 3.58. The topological polar surface area (TPSA) is 42.0 Å². The number of pyridine rings is 1. The monoisotopic (exact) mass is 356 g/mol. The summed E-state index contributed by atoms with van der Waals surface area (Å²) in [5, 5.41) is 3.91. The number of rotatable bonds is 3. The van der Waals surface area contributed by atoms with Crippen LogP contribution < -0.4 is 5.32 Å². The van der Waals surface area contributed by atoms with Crippen LogP contribution in [0, 0.1) is 6.92 Å². The number of carbonyl (C=O) groups excluding carboxylic acids is 1. The Morgan fingerprint density at radius 2 is 1.62 bits per heavy atom. The maximum atomic E-state index is 12.3. The van der Waals surface area contributed by atoms with Gasteiger partial charge >= 0.3 is 0 Å². The van der Waals surface area contributed by atoms with Crippen molar-refractivity contribution in [1.29, 1.82) is 0 Å². The SMILES string of the molecule is Cc1ccc(NC(=O)c2ccc(-c3c(Cl)cccc3Cl)cc2)nc1. The fourth-order valence-electron chi connectivity index (χ4n) is 2.29. The molecule has 1 N–H and O–H groups in total. The minimum atomic E-state index is -0.219. The second-order valence-corrected chi connectivity index (χ2v) is 6.16. The molecule has 3 rings (SSSR count). The number of hydrogen-bond acceptors (Lipinski definition) is 2. The molecule has 3 nitrogen and oxygen atoms in total. The second kappa shape index (κ2) is 7.04. The zero-order chi connectivity index (χ0) is 17.1. The van der Waals surface area contributed by atoms with Crippen molar-refractivity contribution in [1.82, 2.24) is 4.98 Å². The molecular weight excluding hydrogens is 343 g/mol. The van der Waals surface area contributed by atoms with Crippen LogP contribution in [-0.4, -0.2) is 10.9 Å². The first-order chi connectivity index (χ1) is 11.5. The Hall–Kier alpha value is -2.36. The van der Waals surface area contributed by atoms with Gasteiger partial charge in [0, 0.05) is 27.4 Å². The molecule has 3 aromatic rings. The quantitative estimate of drug-likeness (QED) is 0.661. The van der Waals surface area contributed by atoms with Crippen LogP contribution in [0.4, 0.5) is 5.82 Å². The van der Waals surface area contributed by atoms with Crippen molar-refractivity contribution in [3.63, 3.8) is 0 Å². The maximum Gasteiger partial charge on any atom is 0.256 e. The lowest BCUT2D eigenvalue weighted by Gasteiger charge is -2.09. The van der Waals surface area contributed by atoms with Gasteiger partial charge in [-0.05, 0) is 48.4 Å². The average molecular weight is 357 g/mol. The molecule has 0 aliphatic rings. The number of nitrogens with zero attached hydrogens (tertiary/aromatic N) is 1. The van der Waals surface area contributed by atoms with Crippen LogP contribution in [0.15, 0.2) is 60.8 Å². The summed E-state index contributed by atoms with van der Waals surface area (Å²) in [6.45, 7) is 1.94. The highest BCUT2D eigenvalue weighted by Gasteiger charge is 2.10. The summed E-state index contributed by atoms with van der Waals surface area (Å²) in [6.07, 6.45) is 1.71. The molecule has 5 heteroatoms. The molecule has 0 atom stereocenters. The van der Waals surface area contributed by atoms with E-state index in [1.165, 1.54) is 0 Å². The number of hydrogen-bond donors (Lipinski definition) is 1. The van der Waals surface area contributed by atoms with Crippen molar-refractivity contribution in [3.8, 4) is 11.1 Å². The molecule has 0 unspecified atom stereocenters. The van der Waals surface area contributed by atoms with Crippen LogP contribution in [0.5, 0.6) is 0 Å². The van der Waals surface area contributed by atoms with Gasteiger partial charge in [-0.1, -0.05) is 47.5 Å². The number of nitrogens with one attached hydrogen (secondary N) is 1. The van der Waals surface area contributed by atoms with Crippen molar-refractivity contribution >= 4 is 34.9 Å². The van der Waals surface area contributed by atoms with E-state index in [2.05, 4.69) is 10.3 Å². The second-order valence-electron chi connectivity index (χ2n) is 5.35. The van der Waals surface area contributed by atoms with Crippen molar-refractivity contribution < 1.29 is 4.79 Å². The van der Waals surface area contributed by atoms with E-state index in [9.17, 15) is 4.79 Å². The van der Waals surface area contributed by atoms with Gasteiger partial charge in [-0.15, -0.1) is 0 Å². The molecule has 120 valence electrons. The standard InChI is InChI=1S/C19H14Cl2N2O/c1-12-5-10-17(22-11-12)23-19(24)14-8-6-13(7-9-14)18-15(20)3-2-4-16(18)21/h2-11H,1H3,(H,22,23,24). The van der Waals surface area contributed by atoms with E-state index < -0.39 is 0 Å². The van der Waals surface area contributed by atoms with Crippen LogP contribution in [0.2, 0.25) is 10.0 Å². The van der Waals surface area contributed by atoms with Crippen molar-refractivity contribution in [2.75, 3.05) is 5.32 Å². The summed E-state index contributed by atoms with van der Waals surface area (Å²) in [5.74, 6) is 0.298. The van der Waals surface area contributed by atoms with Crippen LogP contribution in [0.1, 0.15) is 15.9 Å². The highest BCUT2D eigenvalue weighted by molar-refractivity contribution is 6.39. The van der Waals surface area contributed by atoms with Crippen molar-refractivity contribution in [2.24, 2.45) is 0 Å². The normalized spacial score (nSPS) is 10.5. The Morgan fingerprint density at radius 1 is 0.958 bits per heavy atom. The zero-order valence-electron chi connectivity index (χ0n) is 12.9. The fraction of sp³-hybridized carbons (Fsp3) is 0.0526. The van der Waals surface area contributed by atoms with Crippen LogP contribution in [-0.2, 0) is 0 Å². The number of benzene rings is 2. The Balaban J connectivity index is 1.81. The molecule has 1 aromatic heterocycles. The Kier molecular flexibility index (Phi) is 4.84. The number of amides is 1. The number of halogens is 2. The summed E-state index contributed by atoms with van der Waals surface area (Å²) >= 11 is 12.4. The molecule has 0 aliphatic heterocycles. The number of carbonyl (C=O) groups is 1. The lowest BCUT2D eigenvalue weighted by molar-refractivity contribution is 0.102. The molecule has 0 saturated heterocycles. The summed E-state index contributed by atoms with van der Waals surface area (Å²) in [7, 11) is 0. The van der Waals surface area contributed by atoms with Gasteiger partial charge in [-0.2, -0.15) is 0 Å². The fourth-order valence-corrected chi connectivity index (χ4v) is 2.91. The first-order valence-electron chi connectivity index (χ1n) is 7.33. The predicted molar refractivity (Wildman–Crippen MR) is 98.8 cm³/mol. The van der Waals surface area contributed by atoms with Gasteiger partial charge in [0.15, 0.2) is 0 Å². The smallest absolute Gasteiger partial charge is 0.256 e. The Morgan fingerprint density at radius 3 is 2.21 bits per heavy atom. The highest BCUT2D eigenvalue weighted by Crippen LogP contribution is 2.34. The van der Waals surface area contributed by atoms with E-state index in [0.29, 0.717) is 21.4 Å². The molecule has 0 bridgehead atoms. The molecule has 0 aliphatic carbocycles. The van der Waals surface area contributed by atoms with E-state index in [1.807, 2.05) is 25.1 Å². The maximum absolute atomic E-state index is 12.3. The van der Waals surface area contributed by atoms with Gasteiger partial charge in [-0.25, -0.2) is 4.98 Å². The molecule has 1 amide bonds. The summed E-state index contributed by atoms with van der Waals surface area (Å²) in [6, 6.07) is 16.1. The Bertz CT molecular complexity index is 855. The number of aromatic nitrogens is 1. The lowest BCUT2D eigenvalue weighted by atomic mass is 10.0. The highest BCUT2D eigenvalue weighted by atomic mass is 35.5. The first-order valence-corrected chi connectivity index (χ1v) is 8.08. The minimum absolute atomic E-state index is 0.219. The number of anilines is 1.